The molecule has 1 N–H and O–H groups in total. The van der Waals surface area contributed by atoms with Gasteiger partial charge in [0.2, 0.25) is 0 Å². The topological polar surface area (TPSA) is 55.2 Å². The van der Waals surface area contributed by atoms with E-state index < -0.39 is 22.2 Å². The Balaban J connectivity index is 3.21. The fraction of sp³-hybridized carbons (Fsp3) is 0.200. The van der Waals surface area contributed by atoms with Crippen LogP contribution < -0.4 is 5.32 Å². The zero-order chi connectivity index (χ0) is 12.1. The van der Waals surface area contributed by atoms with Crippen LogP contribution in [0.1, 0.15) is 5.56 Å². The van der Waals surface area contributed by atoms with Gasteiger partial charge in [-0.3, -0.25) is 10.1 Å². The highest BCUT2D eigenvalue weighted by molar-refractivity contribution is 5.51. The molecule has 0 aromatic heterocycles. The van der Waals surface area contributed by atoms with E-state index in [1.54, 1.807) is 7.05 Å². The van der Waals surface area contributed by atoms with Crippen molar-refractivity contribution in [1.29, 1.82) is 0 Å². The lowest BCUT2D eigenvalue weighted by Gasteiger charge is -1.97. The van der Waals surface area contributed by atoms with Gasteiger partial charge in [-0.15, -0.1) is 0 Å². The highest BCUT2D eigenvalue weighted by atomic mass is 19.2. The Labute approximate surface area is 90.4 Å². The summed E-state index contributed by atoms with van der Waals surface area (Å²) < 4.78 is 25.6. The highest BCUT2D eigenvalue weighted by Gasteiger charge is 2.16. The van der Waals surface area contributed by atoms with Crippen molar-refractivity contribution in [2.24, 2.45) is 0 Å². The predicted molar refractivity (Wildman–Crippen MR) is 53.8 cm³/mol. The molecule has 0 atom stereocenters. The van der Waals surface area contributed by atoms with Crippen LogP contribution in [-0.2, 0) is 0 Å². The highest BCUT2D eigenvalue weighted by Crippen LogP contribution is 2.21. The third-order valence-corrected chi connectivity index (χ3v) is 1.72. The number of halogens is 2. The molecule has 4 nitrogen and oxygen atoms in total. The van der Waals surface area contributed by atoms with Crippen LogP contribution in [0.25, 0.3) is 0 Å². The second-order valence-corrected chi connectivity index (χ2v) is 2.87. The zero-order valence-electron chi connectivity index (χ0n) is 8.38. The van der Waals surface area contributed by atoms with Gasteiger partial charge in [-0.05, 0) is 13.1 Å². The number of benzene rings is 1. The maximum Gasteiger partial charge on any atom is 0.288 e. The lowest BCUT2D eigenvalue weighted by Crippen LogP contribution is -2.04. The number of nitro groups is 1. The van der Waals surface area contributed by atoms with Crippen LogP contribution in [0.5, 0.6) is 0 Å². The molecule has 0 saturated carbocycles. The molecule has 0 radical (unpaired) electrons. The Morgan fingerprint density at radius 3 is 2.62 bits per heavy atom. The Kier molecular flexibility index (Phi) is 3.91. The fourth-order valence-corrected chi connectivity index (χ4v) is 1.02. The second kappa shape index (κ2) is 5.19. The van der Waals surface area contributed by atoms with Crippen LogP contribution in [0, 0.1) is 33.6 Å². The summed E-state index contributed by atoms with van der Waals surface area (Å²) in [6, 6.07) is 1.24. The first-order chi connectivity index (χ1) is 7.56. The van der Waals surface area contributed by atoms with Gasteiger partial charge >= 0.3 is 0 Å². The van der Waals surface area contributed by atoms with E-state index in [0.717, 1.165) is 6.07 Å². The van der Waals surface area contributed by atoms with E-state index in [4.69, 9.17) is 0 Å². The average molecular weight is 226 g/mol. The summed E-state index contributed by atoms with van der Waals surface area (Å²) in [4.78, 5) is 9.75. The summed E-state index contributed by atoms with van der Waals surface area (Å²) in [5.74, 6) is 2.53. The van der Waals surface area contributed by atoms with Gasteiger partial charge in [0.1, 0.15) is 5.56 Å². The largest absolute Gasteiger partial charge is 0.309 e. The van der Waals surface area contributed by atoms with Gasteiger partial charge in [-0.25, -0.2) is 8.78 Å². The van der Waals surface area contributed by atoms with Gasteiger partial charge in [0.25, 0.3) is 5.69 Å². The lowest BCUT2D eigenvalue weighted by molar-refractivity contribution is -0.385. The first kappa shape index (κ1) is 12.1. The third kappa shape index (κ3) is 2.74. The minimum absolute atomic E-state index is 0.140. The first-order valence-electron chi connectivity index (χ1n) is 4.33. The van der Waals surface area contributed by atoms with Crippen LogP contribution in [0.15, 0.2) is 12.1 Å². The molecule has 6 heteroatoms. The van der Waals surface area contributed by atoms with Crippen molar-refractivity contribution in [2.45, 2.75) is 0 Å². The number of nitrogens with one attached hydrogen (secondary N) is 1. The van der Waals surface area contributed by atoms with Crippen LogP contribution >= 0.6 is 0 Å². The molecule has 1 aromatic carbocycles. The Bertz CT molecular complexity index is 478. The molecule has 84 valence electrons. The minimum Gasteiger partial charge on any atom is -0.309 e. The molecule has 0 heterocycles. The standard InChI is InChI=1S/C10H8F2N2O2/c1-13-4-2-3-7-5-8(11)9(12)6-10(7)14(15)16/h5-6,13H,4H2,1H3. The summed E-state index contributed by atoms with van der Waals surface area (Å²) in [7, 11) is 1.65. The van der Waals surface area contributed by atoms with E-state index >= 15 is 0 Å². The van der Waals surface area contributed by atoms with Gasteiger partial charge in [-0.2, -0.15) is 0 Å². The molecule has 0 aliphatic carbocycles. The number of nitro benzene ring substituents is 1. The maximum absolute atomic E-state index is 12.9. The average Bonchev–Trinajstić information content (AvgIpc) is 2.23. The van der Waals surface area contributed by atoms with Crippen LogP contribution in [0.3, 0.4) is 0 Å². The first-order valence-corrected chi connectivity index (χ1v) is 4.33. The predicted octanol–water partition coefficient (Wildman–Crippen LogP) is 1.44. The van der Waals surface area contributed by atoms with Crippen molar-refractivity contribution in [3.63, 3.8) is 0 Å². The molecule has 0 bridgehead atoms. The van der Waals surface area contributed by atoms with Crippen molar-refractivity contribution >= 4 is 5.69 Å². The molecule has 0 aliphatic heterocycles. The molecule has 0 spiro atoms. The summed E-state index contributed by atoms with van der Waals surface area (Å²) in [5.41, 5.74) is -0.679. The number of nitrogens with zero attached hydrogens (tertiary/aromatic N) is 1. The fourth-order valence-electron chi connectivity index (χ4n) is 1.02. The van der Waals surface area contributed by atoms with E-state index in [-0.39, 0.29) is 5.56 Å². The molecule has 0 saturated heterocycles. The molecule has 16 heavy (non-hydrogen) atoms. The SMILES string of the molecule is CNCC#Cc1cc(F)c(F)cc1[N+](=O)[O-]. The lowest BCUT2D eigenvalue weighted by atomic mass is 10.1. The number of hydrogen-bond donors (Lipinski definition) is 1. The molecular weight excluding hydrogens is 218 g/mol. The molecule has 0 aliphatic rings. The maximum atomic E-state index is 12.9. The molecule has 1 aromatic rings. The van der Waals surface area contributed by atoms with E-state index in [0.29, 0.717) is 12.6 Å². The van der Waals surface area contributed by atoms with Crippen molar-refractivity contribution < 1.29 is 13.7 Å². The van der Waals surface area contributed by atoms with Gasteiger partial charge in [0.15, 0.2) is 11.6 Å². The van der Waals surface area contributed by atoms with E-state index in [1.807, 2.05) is 0 Å². The monoisotopic (exact) mass is 226 g/mol. The van der Waals surface area contributed by atoms with Crippen molar-refractivity contribution in [3.05, 3.63) is 39.4 Å². The Morgan fingerprint density at radius 2 is 2.06 bits per heavy atom. The Hall–Kier alpha value is -2.00. The molecule has 0 unspecified atom stereocenters. The van der Waals surface area contributed by atoms with Crippen molar-refractivity contribution in [1.82, 2.24) is 5.32 Å². The van der Waals surface area contributed by atoms with Crippen LogP contribution in [0.4, 0.5) is 14.5 Å². The van der Waals surface area contributed by atoms with Gasteiger partial charge < -0.3 is 5.32 Å². The number of hydrogen-bond acceptors (Lipinski definition) is 3. The van der Waals surface area contributed by atoms with E-state index in [2.05, 4.69) is 17.2 Å². The molecule has 1 rings (SSSR count). The molecular formula is C10H8F2N2O2. The van der Waals surface area contributed by atoms with E-state index in [1.165, 1.54) is 0 Å². The van der Waals surface area contributed by atoms with Gasteiger partial charge in [0.05, 0.1) is 17.5 Å². The van der Waals surface area contributed by atoms with Gasteiger partial charge in [-0.1, -0.05) is 11.8 Å². The zero-order valence-corrected chi connectivity index (χ0v) is 8.38. The van der Waals surface area contributed by atoms with E-state index in [9.17, 15) is 18.9 Å². The third-order valence-electron chi connectivity index (χ3n) is 1.72. The van der Waals surface area contributed by atoms with Crippen molar-refractivity contribution in [2.75, 3.05) is 13.6 Å². The molecule has 0 amide bonds. The smallest absolute Gasteiger partial charge is 0.288 e. The normalized spacial score (nSPS) is 9.44. The van der Waals surface area contributed by atoms with Gasteiger partial charge in [0, 0.05) is 0 Å². The van der Waals surface area contributed by atoms with Crippen LogP contribution in [0.2, 0.25) is 0 Å². The quantitative estimate of drug-likeness (QED) is 0.471. The number of rotatable bonds is 2. The second-order valence-electron chi connectivity index (χ2n) is 2.87. The van der Waals surface area contributed by atoms with Crippen molar-refractivity contribution in [3.8, 4) is 11.8 Å². The summed E-state index contributed by atoms with van der Waals surface area (Å²) in [5, 5.41) is 13.3. The van der Waals surface area contributed by atoms with Crippen LogP contribution in [-0.4, -0.2) is 18.5 Å². The summed E-state index contributed by atoms with van der Waals surface area (Å²) in [6.45, 7) is 0.302. The molecule has 0 fully saturated rings. The Morgan fingerprint density at radius 1 is 1.44 bits per heavy atom. The minimum atomic E-state index is -1.26. The summed E-state index contributed by atoms with van der Waals surface area (Å²) in [6.07, 6.45) is 0. The summed E-state index contributed by atoms with van der Waals surface area (Å²) >= 11 is 0.